The van der Waals surface area contributed by atoms with Crippen molar-refractivity contribution >= 4 is 11.6 Å². The van der Waals surface area contributed by atoms with Gasteiger partial charge in [-0.05, 0) is 48.6 Å². The van der Waals surface area contributed by atoms with Crippen LogP contribution in [0.3, 0.4) is 0 Å². The Morgan fingerprint density at radius 1 is 1.21 bits per heavy atom. The lowest BCUT2D eigenvalue weighted by atomic mass is 9.88. The van der Waals surface area contributed by atoms with Crippen LogP contribution in [-0.4, -0.2) is 5.91 Å². The van der Waals surface area contributed by atoms with Gasteiger partial charge in [0.1, 0.15) is 0 Å². The van der Waals surface area contributed by atoms with Gasteiger partial charge in [0.25, 0.3) is 0 Å². The van der Waals surface area contributed by atoms with E-state index in [9.17, 15) is 4.79 Å². The molecule has 19 heavy (non-hydrogen) atoms. The quantitative estimate of drug-likeness (QED) is 0.864. The molecule has 2 fully saturated rings. The minimum absolute atomic E-state index is 0.250. The standard InChI is InChI=1S/C17H23NO/c1-11(2)14-5-3-4-6-16(14)18-17(19)15-10-12-7-8-13(15)9-12/h3-6,11-13,15H,7-10H2,1-2H3,(H,18,19)/t12-,13-,15+/m0/s1. The molecule has 0 unspecified atom stereocenters. The maximum absolute atomic E-state index is 12.5. The van der Waals surface area contributed by atoms with E-state index in [0.717, 1.165) is 18.0 Å². The SMILES string of the molecule is CC(C)c1ccccc1NC(=O)[C@@H]1C[C@H]2CC[C@H]1C2. The Kier molecular flexibility index (Phi) is 3.34. The Morgan fingerprint density at radius 2 is 2.00 bits per heavy atom. The number of hydrogen-bond acceptors (Lipinski definition) is 1. The summed E-state index contributed by atoms with van der Waals surface area (Å²) in [6, 6.07) is 8.19. The van der Waals surface area contributed by atoms with Crippen molar-refractivity contribution in [3.8, 4) is 0 Å². The monoisotopic (exact) mass is 257 g/mol. The number of anilines is 1. The lowest BCUT2D eigenvalue weighted by Gasteiger charge is -2.22. The molecule has 3 rings (SSSR count). The summed E-state index contributed by atoms with van der Waals surface area (Å²) in [6.45, 7) is 4.34. The summed E-state index contributed by atoms with van der Waals surface area (Å²) in [5.41, 5.74) is 2.24. The van der Waals surface area contributed by atoms with Crippen LogP contribution in [-0.2, 0) is 4.79 Å². The van der Waals surface area contributed by atoms with E-state index in [0.29, 0.717) is 11.8 Å². The molecule has 2 nitrogen and oxygen atoms in total. The molecule has 0 heterocycles. The highest BCUT2D eigenvalue weighted by atomic mass is 16.1. The number of hydrogen-bond donors (Lipinski definition) is 1. The van der Waals surface area contributed by atoms with Crippen molar-refractivity contribution in [2.75, 3.05) is 5.32 Å². The van der Waals surface area contributed by atoms with Crippen LogP contribution in [0.2, 0.25) is 0 Å². The first kappa shape index (κ1) is 12.7. The van der Waals surface area contributed by atoms with E-state index in [4.69, 9.17) is 0 Å². The molecular weight excluding hydrogens is 234 g/mol. The fraction of sp³-hybridized carbons (Fsp3) is 0.588. The van der Waals surface area contributed by atoms with Gasteiger partial charge >= 0.3 is 0 Å². The van der Waals surface area contributed by atoms with Crippen LogP contribution in [0, 0.1) is 17.8 Å². The molecule has 0 radical (unpaired) electrons. The van der Waals surface area contributed by atoms with Crippen molar-refractivity contribution in [2.45, 2.75) is 45.4 Å². The Labute approximate surface area is 115 Å². The molecule has 1 amide bonds. The largest absolute Gasteiger partial charge is 0.326 e. The van der Waals surface area contributed by atoms with Crippen molar-refractivity contribution in [1.29, 1.82) is 0 Å². The number of carbonyl (C=O) groups excluding carboxylic acids is 1. The minimum Gasteiger partial charge on any atom is -0.326 e. The van der Waals surface area contributed by atoms with Crippen molar-refractivity contribution in [1.82, 2.24) is 0 Å². The third kappa shape index (κ3) is 2.41. The maximum atomic E-state index is 12.5. The smallest absolute Gasteiger partial charge is 0.227 e. The summed E-state index contributed by atoms with van der Waals surface area (Å²) in [5.74, 6) is 2.42. The average Bonchev–Trinajstić information content (AvgIpc) is 3.01. The number of carbonyl (C=O) groups is 1. The van der Waals surface area contributed by atoms with E-state index in [1.165, 1.54) is 24.8 Å². The highest BCUT2D eigenvalue weighted by Gasteiger charge is 2.43. The molecule has 0 aliphatic heterocycles. The number of amides is 1. The predicted octanol–water partition coefficient (Wildman–Crippen LogP) is 4.18. The van der Waals surface area contributed by atoms with Crippen LogP contribution in [0.5, 0.6) is 0 Å². The second-order valence-electron chi connectivity index (χ2n) is 6.51. The van der Waals surface area contributed by atoms with Crippen molar-refractivity contribution in [3.63, 3.8) is 0 Å². The molecular formula is C17H23NO. The molecule has 0 aromatic heterocycles. The Bertz CT molecular complexity index is 480. The highest BCUT2D eigenvalue weighted by molar-refractivity contribution is 5.93. The molecule has 2 bridgehead atoms. The van der Waals surface area contributed by atoms with Crippen LogP contribution in [0.4, 0.5) is 5.69 Å². The van der Waals surface area contributed by atoms with Crippen molar-refractivity contribution < 1.29 is 4.79 Å². The second-order valence-corrected chi connectivity index (χ2v) is 6.51. The van der Waals surface area contributed by atoms with Crippen LogP contribution < -0.4 is 5.32 Å². The summed E-state index contributed by atoms with van der Waals surface area (Å²) in [7, 11) is 0. The molecule has 3 atom stereocenters. The number of benzene rings is 1. The Morgan fingerprint density at radius 3 is 2.63 bits per heavy atom. The lowest BCUT2D eigenvalue weighted by molar-refractivity contribution is -0.121. The Hall–Kier alpha value is -1.31. The lowest BCUT2D eigenvalue weighted by Crippen LogP contribution is -2.27. The normalized spacial score (nSPS) is 28.9. The van der Waals surface area contributed by atoms with Gasteiger partial charge in [0.05, 0.1) is 0 Å². The maximum Gasteiger partial charge on any atom is 0.227 e. The molecule has 102 valence electrons. The van der Waals surface area contributed by atoms with Gasteiger partial charge in [-0.25, -0.2) is 0 Å². The predicted molar refractivity (Wildman–Crippen MR) is 78.1 cm³/mol. The molecule has 2 saturated carbocycles. The van der Waals surface area contributed by atoms with E-state index >= 15 is 0 Å². The van der Waals surface area contributed by atoms with Gasteiger partial charge in [-0.2, -0.15) is 0 Å². The van der Waals surface area contributed by atoms with Crippen LogP contribution in [0.1, 0.15) is 51.0 Å². The summed E-state index contributed by atoms with van der Waals surface area (Å²) in [6.07, 6.45) is 5.00. The van der Waals surface area contributed by atoms with Gasteiger partial charge in [-0.3, -0.25) is 4.79 Å². The highest BCUT2D eigenvalue weighted by Crippen LogP contribution is 2.48. The summed E-state index contributed by atoms with van der Waals surface area (Å²) >= 11 is 0. The van der Waals surface area contributed by atoms with Crippen LogP contribution in [0.15, 0.2) is 24.3 Å². The molecule has 2 heteroatoms. The van der Waals surface area contributed by atoms with E-state index in [2.05, 4.69) is 25.2 Å². The molecule has 1 N–H and O–H groups in total. The summed E-state index contributed by atoms with van der Waals surface area (Å²) < 4.78 is 0. The molecule has 1 aromatic rings. The third-order valence-corrected chi connectivity index (χ3v) is 4.92. The summed E-state index contributed by atoms with van der Waals surface area (Å²) in [5, 5.41) is 3.18. The zero-order valence-electron chi connectivity index (χ0n) is 11.9. The van der Waals surface area contributed by atoms with Crippen molar-refractivity contribution in [3.05, 3.63) is 29.8 Å². The van der Waals surface area contributed by atoms with Crippen LogP contribution in [0.25, 0.3) is 0 Å². The van der Waals surface area contributed by atoms with Crippen LogP contribution >= 0.6 is 0 Å². The molecule has 0 saturated heterocycles. The van der Waals surface area contributed by atoms with Crippen molar-refractivity contribution in [2.24, 2.45) is 17.8 Å². The first-order valence-electron chi connectivity index (χ1n) is 7.55. The van der Waals surface area contributed by atoms with E-state index in [1.54, 1.807) is 0 Å². The van der Waals surface area contributed by atoms with E-state index < -0.39 is 0 Å². The molecule has 2 aliphatic rings. The molecule has 2 aliphatic carbocycles. The van der Waals surface area contributed by atoms with Gasteiger partial charge in [0.2, 0.25) is 5.91 Å². The number of nitrogens with one attached hydrogen (secondary N) is 1. The topological polar surface area (TPSA) is 29.1 Å². The Balaban J connectivity index is 1.73. The van der Waals surface area contributed by atoms with E-state index in [-0.39, 0.29) is 11.8 Å². The average molecular weight is 257 g/mol. The zero-order valence-corrected chi connectivity index (χ0v) is 11.9. The number of fused-ring (bicyclic) bond motifs is 2. The fourth-order valence-electron chi connectivity index (χ4n) is 3.91. The fourth-order valence-corrected chi connectivity index (χ4v) is 3.91. The number of rotatable bonds is 3. The molecule has 1 aromatic carbocycles. The van der Waals surface area contributed by atoms with E-state index in [1.807, 2.05) is 18.2 Å². The van der Waals surface area contributed by atoms with Gasteiger partial charge in [-0.1, -0.05) is 38.5 Å². The first-order valence-corrected chi connectivity index (χ1v) is 7.55. The first-order chi connectivity index (χ1) is 9.15. The summed E-state index contributed by atoms with van der Waals surface area (Å²) in [4.78, 5) is 12.5. The van der Waals surface area contributed by atoms with Gasteiger partial charge in [-0.15, -0.1) is 0 Å². The minimum atomic E-state index is 0.250. The van der Waals surface area contributed by atoms with Gasteiger partial charge in [0, 0.05) is 11.6 Å². The molecule has 0 spiro atoms. The van der Waals surface area contributed by atoms with Gasteiger partial charge in [0.15, 0.2) is 0 Å². The van der Waals surface area contributed by atoms with Gasteiger partial charge < -0.3 is 5.32 Å². The third-order valence-electron chi connectivity index (χ3n) is 4.92. The second kappa shape index (κ2) is 4.99. The number of para-hydroxylation sites is 1. The zero-order chi connectivity index (χ0) is 13.4.